The molecule has 0 saturated heterocycles. The van der Waals surface area contributed by atoms with Crippen molar-refractivity contribution in [3.05, 3.63) is 94.5 Å². The smallest absolute Gasteiger partial charge is 0.243 e. The van der Waals surface area contributed by atoms with E-state index in [1.807, 2.05) is 67.5 Å². The number of benzene rings is 3. The van der Waals surface area contributed by atoms with Crippen molar-refractivity contribution in [3.8, 4) is 0 Å². The molecule has 0 saturated carbocycles. The molecular weight excluding hydrogens is 470 g/mol. The Labute approximate surface area is 206 Å². The van der Waals surface area contributed by atoms with Crippen molar-refractivity contribution in [1.29, 1.82) is 0 Å². The van der Waals surface area contributed by atoms with Gasteiger partial charge in [-0.25, -0.2) is 8.42 Å². The zero-order valence-corrected chi connectivity index (χ0v) is 20.8. The maximum atomic E-state index is 13.5. The molecule has 1 heterocycles. The Balaban J connectivity index is 1.54. The van der Waals surface area contributed by atoms with Crippen molar-refractivity contribution in [2.24, 2.45) is 0 Å². The predicted molar refractivity (Wildman–Crippen MR) is 135 cm³/mol. The van der Waals surface area contributed by atoms with Crippen LogP contribution in [0, 0.1) is 0 Å². The lowest BCUT2D eigenvalue weighted by Gasteiger charge is -2.36. The van der Waals surface area contributed by atoms with Gasteiger partial charge in [-0.3, -0.25) is 4.79 Å². The second kappa shape index (κ2) is 10.2. The molecule has 1 aliphatic heterocycles. The van der Waals surface area contributed by atoms with Gasteiger partial charge in [-0.15, -0.1) is 0 Å². The number of rotatable bonds is 7. The van der Waals surface area contributed by atoms with E-state index in [1.54, 1.807) is 12.1 Å². The number of halogens is 1. The predicted octanol–water partition coefficient (Wildman–Crippen LogP) is 4.40. The van der Waals surface area contributed by atoms with Crippen LogP contribution in [-0.2, 0) is 27.8 Å². The molecule has 34 heavy (non-hydrogen) atoms. The number of fused-ring (bicyclic) bond motifs is 1. The maximum Gasteiger partial charge on any atom is 0.243 e. The van der Waals surface area contributed by atoms with Gasteiger partial charge < -0.3 is 10.2 Å². The number of anilines is 1. The van der Waals surface area contributed by atoms with Crippen LogP contribution in [0.4, 0.5) is 5.69 Å². The fourth-order valence-corrected chi connectivity index (χ4v) is 5.96. The van der Waals surface area contributed by atoms with Crippen molar-refractivity contribution >= 4 is 33.2 Å². The summed E-state index contributed by atoms with van der Waals surface area (Å²) in [6.07, 6.45) is 0.638. The van der Waals surface area contributed by atoms with Crippen molar-refractivity contribution in [2.45, 2.75) is 30.3 Å². The van der Waals surface area contributed by atoms with Crippen LogP contribution in [0.2, 0.25) is 5.02 Å². The van der Waals surface area contributed by atoms with Gasteiger partial charge in [0, 0.05) is 44.3 Å². The largest absolute Gasteiger partial charge is 0.378 e. The highest BCUT2D eigenvalue weighted by Crippen LogP contribution is 2.36. The maximum absolute atomic E-state index is 13.5. The quantitative estimate of drug-likeness (QED) is 0.525. The van der Waals surface area contributed by atoms with E-state index >= 15 is 0 Å². The van der Waals surface area contributed by atoms with Gasteiger partial charge in [0.25, 0.3) is 0 Å². The Morgan fingerprint density at radius 1 is 1.03 bits per heavy atom. The van der Waals surface area contributed by atoms with Crippen molar-refractivity contribution < 1.29 is 13.2 Å². The van der Waals surface area contributed by atoms with Gasteiger partial charge in [0.1, 0.15) is 0 Å². The van der Waals surface area contributed by atoms with Gasteiger partial charge >= 0.3 is 0 Å². The molecule has 8 heteroatoms. The molecule has 1 N–H and O–H groups in total. The van der Waals surface area contributed by atoms with Crippen LogP contribution in [0.1, 0.15) is 29.2 Å². The fourth-order valence-electron chi connectivity index (χ4n) is 4.23. The summed E-state index contributed by atoms with van der Waals surface area (Å²) in [5.74, 6) is -0.199. The first-order valence-electron chi connectivity index (χ1n) is 11.1. The van der Waals surface area contributed by atoms with Gasteiger partial charge in [-0.2, -0.15) is 4.31 Å². The van der Waals surface area contributed by atoms with Crippen molar-refractivity contribution in [1.82, 2.24) is 9.62 Å². The SMILES string of the molecule is CN(C)c1ccc(CNC(=O)C[C@@H]2c3ccccc3CCN2S(=O)(=O)c2ccc(Cl)cc2)cc1. The summed E-state index contributed by atoms with van der Waals surface area (Å²) in [4.78, 5) is 15.1. The highest BCUT2D eigenvalue weighted by Gasteiger charge is 2.37. The molecule has 3 aromatic rings. The van der Waals surface area contributed by atoms with Crippen LogP contribution < -0.4 is 10.2 Å². The second-order valence-corrected chi connectivity index (χ2v) is 10.9. The van der Waals surface area contributed by atoms with Crippen molar-refractivity contribution in [2.75, 3.05) is 25.5 Å². The molecular formula is C26H28ClN3O3S. The molecule has 0 fully saturated rings. The average Bonchev–Trinajstić information content (AvgIpc) is 2.83. The van der Waals surface area contributed by atoms with E-state index in [-0.39, 0.29) is 17.2 Å². The van der Waals surface area contributed by atoms with Crippen LogP contribution in [0.25, 0.3) is 0 Å². The number of hydrogen-bond acceptors (Lipinski definition) is 4. The van der Waals surface area contributed by atoms with Crippen LogP contribution in [-0.4, -0.2) is 39.3 Å². The zero-order valence-electron chi connectivity index (χ0n) is 19.2. The van der Waals surface area contributed by atoms with E-state index in [9.17, 15) is 13.2 Å². The Kier molecular flexibility index (Phi) is 7.26. The topological polar surface area (TPSA) is 69.7 Å². The molecule has 0 bridgehead atoms. The Bertz CT molecular complexity index is 1260. The monoisotopic (exact) mass is 497 g/mol. The van der Waals surface area contributed by atoms with Crippen molar-refractivity contribution in [3.63, 3.8) is 0 Å². The Morgan fingerprint density at radius 3 is 2.38 bits per heavy atom. The Hall–Kier alpha value is -2.87. The summed E-state index contributed by atoms with van der Waals surface area (Å²) in [7, 11) is 0.143. The third-order valence-electron chi connectivity index (χ3n) is 6.10. The summed E-state index contributed by atoms with van der Waals surface area (Å²) in [5.41, 5.74) is 4.00. The molecule has 0 radical (unpaired) electrons. The van der Waals surface area contributed by atoms with Gasteiger partial charge in [-0.05, 0) is 59.5 Å². The van der Waals surface area contributed by atoms with E-state index in [0.717, 1.165) is 22.4 Å². The molecule has 3 aromatic carbocycles. The fraction of sp³-hybridized carbons (Fsp3) is 0.269. The molecule has 0 aromatic heterocycles. The minimum atomic E-state index is -3.81. The normalized spacial score (nSPS) is 16.0. The molecule has 4 rings (SSSR count). The molecule has 0 unspecified atom stereocenters. The molecule has 0 aliphatic carbocycles. The summed E-state index contributed by atoms with van der Waals surface area (Å²) < 4.78 is 28.5. The standard InChI is InChI=1S/C26H28ClN3O3S/c1-29(2)22-11-7-19(8-12-22)18-28-26(31)17-25-24-6-4-3-5-20(24)15-16-30(25)34(32,33)23-13-9-21(27)10-14-23/h3-14,25H,15-18H2,1-2H3,(H,28,31)/t25-/m1/s1. The third kappa shape index (κ3) is 5.27. The second-order valence-electron chi connectivity index (χ2n) is 8.58. The zero-order chi connectivity index (χ0) is 24.3. The lowest BCUT2D eigenvalue weighted by Crippen LogP contribution is -2.42. The van der Waals surface area contributed by atoms with Gasteiger partial charge in [0.15, 0.2) is 0 Å². The summed E-state index contributed by atoms with van der Waals surface area (Å²) in [6.45, 7) is 0.691. The van der Waals surface area contributed by atoms with Crippen LogP contribution in [0.3, 0.4) is 0 Å². The number of nitrogens with zero attached hydrogens (tertiary/aromatic N) is 2. The molecule has 0 spiro atoms. The lowest BCUT2D eigenvalue weighted by atomic mass is 9.92. The van der Waals surface area contributed by atoms with Crippen LogP contribution >= 0.6 is 11.6 Å². The van der Waals surface area contributed by atoms with E-state index in [0.29, 0.717) is 24.5 Å². The van der Waals surface area contributed by atoms with Gasteiger partial charge in [0.2, 0.25) is 15.9 Å². The molecule has 1 atom stereocenters. The first kappa shape index (κ1) is 24.3. The number of sulfonamides is 1. The molecule has 6 nitrogen and oxygen atoms in total. The number of carbonyl (C=O) groups excluding carboxylic acids is 1. The van der Waals surface area contributed by atoms with E-state index in [1.165, 1.54) is 16.4 Å². The first-order chi connectivity index (χ1) is 16.3. The highest BCUT2D eigenvalue weighted by molar-refractivity contribution is 7.89. The first-order valence-corrected chi connectivity index (χ1v) is 13.0. The number of hydrogen-bond donors (Lipinski definition) is 1. The van der Waals surface area contributed by atoms with E-state index in [4.69, 9.17) is 11.6 Å². The Morgan fingerprint density at radius 2 is 1.71 bits per heavy atom. The van der Waals surface area contributed by atoms with E-state index in [2.05, 4.69) is 5.32 Å². The summed E-state index contributed by atoms with van der Waals surface area (Å²) >= 11 is 5.96. The minimum absolute atomic E-state index is 0.0413. The summed E-state index contributed by atoms with van der Waals surface area (Å²) in [5, 5.41) is 3.42. The van der Waals surface area contributed by atoms with Gasteiger partial charge in [-0.1, -0.05) is 48.0 Å². The van der Waals surface area contributed by atoms with E-state index < -0.39 is 16.1 Å². The number of carbonyl (C=O) groups is 1. The third-order valence-corrected chi connectivity index (χ3v) is 8.28. The minimum Gasteiger partial charge on any atom is -0.378 e. The average molecular weight is 498 g/mol. The number of nitrogens with one attached hydrogen (secondary N) is 1. The molecule has 1 amide bonds. The van der Waals surface area contributed by atoms with Gasteiger partial charge in [0.05, 0.1) is 10.9 Å². The number of amides is 1. The molecule has 178 valence electrons. The summed E-state index contributed by atoms with van der Waals surface area (Å²) in [6, 6.07) is 21.2. The van der Waals surface area contributed by atoms with Crippen LogP contribution in [0.5, 0.6) is 0 Å². The molecule has 1 aliphatic rings. The van der Waals surface area contributed by atoms with Crippen LogP contribution in [0.15, 0.2) is 77.7 Å². The lowest BCUT2D eigenvalue weighted by molar-refractivity contribution is -0.122. The highest BCUT2D eigenvalue weighted by atomic mass is 35.5.